The third-order valence-corrected chi connectivity index (χ3v) is 15.7. The van der Waals surface area contributed by atoms with Crippen molar-refractivity contribution in [2.75, 3.05) is 38.9 Å². The van der Waals surface area contributed by atoms with E-state index in [2.05, 4.69) is 47.0 Å². The molecule has 10 rings (SSSR count). The number of methoxy groups -OCH3 is 1. The fourth-order valence-corrected chi connectivity index (χ4v) is 11.8. The molecule has 0 spiro atoms. The zero-order chi connectivity index (χ0) is 55.5. The van der Waals surface area contributed by atoms with Gasteiger partial charge in [0.2, 0.25) is 5.60 Å². The van der Waals surface area contributed by atoms with Gasteiger partial charge in [-0.3, -0.25) is 14.5 Å². The van der Waals surface area contributed by atoms with Gasteiger partial charge in [0.1, 0.15) is 47.3 Å². The summed E-state index contributed by atoms with van der Waals surface area (Å²) in [6.45, 7) is -0.174. The van der Waals surface area contributed by atoms with E-state index in [0.717, 1.165) is 33.4 Å². The Balaban J connectivity index is 1.03. The van der Waals surface area contributed by atoms with Crippen LogP contribution in [-0.4, -0.2) is 89.4 Å². The molecule has 0 aliphatic carbocycles. The van der Waals surface area contributed by atoms with Crippen LogP contribution in [0.15, 0.2) is 240 Å². The topological polar surface area (TPSA) is 161 Å². The molecule has 16 heteroatoms. The highest BCUT2D eigenvalue weighted by Gasteiger charge is 2.55. The number of esters is 1. The molecule has 0 radical (unpaired) electrons. The Labute approximate surface area is 472 Å². The van der Waals surface area contributed by atoms with E-state index in [0.29, 0.717) is 22.0 Å². The summed E-state index contributed by atoms with van der Waals surface area (Å²) in [4.78, 5) is 71.3. The number of allylic oxidation sites excluding steroid dienone is 1. The summed E-state index contributed by atoms with van der Waals surface area (Å²) in [5.74, 6) is -1.16. The first-order chi connectivity index (χ1) is 39.1. The second kappa shape index (κ2) is 24.6. The maximum absolute atomic E-state index is 15.4. The molecule has 1 aromatic heterocycles. The molecule has 8 aromatic rings. The van der Waals surface area contributed by atoms with Crippen LogP contribution >= 0.6 is 23.1 Å². The molecule has 2 atom stereocenters. The molecule has 14 nitrogen and oxygen atoms in total. The second-order valence-electron chi connectivity index (χ2n) is 18.9. The van der Waals surface area contributed by atoms with Gasteiger partial charge >= 0.3 is 12.1 Å². The van der Waals surface area contributed by atoms with Gasteiger partial charge in [-0.25, -0.2) is 14.6 Å². The Morgan fingerprint density at radius 2 is 1.20 bits per heavy atom. The fraction of sp³-hybridized carbons (Fsp3) is 0.156. The Hall–Kier alpha value is -9.25. The number of aromatic nitrogens is 1. The highest BCUT2D eigenvalue weighted by molar-refractivity contribution is 8.00. The summed E-state index contributed by atoms with van der Waals surface area (Å²) >= 11 is 2.64. The SMILES string of the molecule is COc1ccc(COC(=O)C2=C(/C=C\COC(=O)N(C)C)CS[C@@H]3[C@H](NC(=O)/C(=N\OC(c4ccccc4)(c4ccccc4)c4ccccc4)c4csc(NC(c5ccccc5)(c5ccccc5)c5ccccc5)n4)C(=O)N23)cc1. The summed E-state index contributed by atoms with van der Waals surface area (Å²) in [7, 11) is 4.71. The maximum atomic E-state index is 15.4. The Kier molecular flexibility index (Phi) is 16.6. The van der Waals surface area contributed by atoms with E-state index in [1.807, 2.05) is 146 Å². The van der Waals surface area contributed by atoms with Crippen LogP contribution in [-0.2, 0) is 46.4 Å². The minimum atomic E-state index is -1.39. The van der Waals surface area contributed by atoms with Crippen LogP contribution in [0.4, 0.5) is 9.93 Å². The molecule has 80 heavy (non-hydrogen) atoms. The normalized spacial score (nSPS) is 15.3. The van der Waals surface area contributed by atoms with Crippen molar-refractivity contribution < 1.29 is 38.2 Å². The van der Waals surface area contributed by atoms with Crippen molar-refractivity contribution in [2.24, 2.45) is 5.16 Å². The van der Waals surface area contributed by atoms with E-state index in [1.165, 1.54) is 32.9 Å². The average molecular weight is 1100 g/mol. The van der Waals surface area contributed by atoms with E-state index < -0.39 is 46.4 Å². The highest BCUT2D eigenvalue weighted by atomic mass is 32.2. The van der Waals surface area contributed by atoms with Crippen LogP contribution in [0.25, 0.3) is 0 Å². The number of carbonyl (C=O) groups excluding carboxylic acids is 4. The van der Waals surface area contributed by atoms with Gasteiger partial charge in [0, 0.05) is 41.9 Å². The van der Waals surface area contributed by atoms with Crippen molar-refractivity contribution in [3.63, 3.8) is 0 Å². The van der Waals surface area contributed by atoms with Crippen molar-refractivity contribution in [1.29, 1.82) is 0 Å². The van der Waals surface area contributed by atoms with Gasteiger partial charge in [0.25, 0.3) is 11.8 Å². The van der Waals surface area contributed by atoms with E-state index in [4.69, 9.17) is 29.2 Å². The van der Waals surface area contributed by atoms with Gasteiger partial charge < -0.3 is 34.6 Å². The predicted octanol–water partition coefficient (Wildman–Crippen LogP) is 10.9. The number of ether oxygens (including phenoxy) is 3. The maximum Gasteiger partial charge on any atom is 0.409 e. The number of β-lactam (4-membered cyclic amide) rings is 1. The zero-order valence-corrected chi connectivity index (χ0v) is 45.6. The van der Waals surface area contributed by atoms with Gasteiger partial charge in [-0.15, -0.1) is 23.1 Å². The highest BCUT2D eigenvalue weighted by Crippen LogP contribution is 2.44. The number of thiazole rings is 1. The lowest BCUT2D eigenvalue weighted by Crippen LogP contribution is -2.71. The van der Waals surface area contributed by atoms with Crippen LogP contribution in [0.2, 0.25) is 0 Å². The average Bonchev–Trinajstić information content (AvgIpc) is 3.63. The number of oxime groups is 1. The van der Waals surface area contributed by atoms with Gasteiger partial charge in [0.05, 0.1) is 7.11 Å². The van der Waals surface area contributed by atoms with Crippen LogP contribution in [0, 0.1) is 0 Å². The predicted molar refractivity (Wildman–Crippen MR) is 311 cm³/mol. The lowest BCUT2D eigenvalue weighted by Gasteiger charge is -2.49. The number of benzene rings is 7. The minimum absolute atomic E-state index is 0.0116. The number of carbonyl (C=O) groups is 4. The first kappa shape index (κ1) is 54.1. The number of anilines is 1. The van der Waals surface area contributed by atoms with E-state index in [9.17, 15) is 14.4 Å². The number of hydrogen-bond donors (Lipinski definition) is 2. The van der Waals surface area contributed by atoms with Gasteiger partial charge in [-0.1, -0.05) is 205 Å². The third-order valence-electron chi connectivity index (χ3n) is 13.7. The van der Waals surface area contributed by atoms with Crippen molar-refractivity contribution in [3.05, 3.63) is 280 Å². The molecular formula is C64H56N6O8S2. The minimum Gasteiger partial charge on any atom is -0.497 e. The van der Waals surface area contributed by atoms with Crippen molar-refractivity contribution in [1.82, 2.24) is 20.1 Å². The number of nitrogens with one attached hydrogen (secondary N) is 2. The summed E-state index contributed by atoms with van der Waals surface area (Å²) < 4.78 is 16.5. The molecule has 1 saturated heterocycles. The van der Waals surface area contributed by atoms with E-state index in [-0.39, 0.29) is 36.1 Å². The molecule has 3 amide bonds. The van der Waals surface area contributed by atoms with Crippen molar-refractivity contribution in [3.8, 4) is 5.75 Å². The molecule has 2 aliphatic heterocycles. The smallest absolute Gasteiger partial charge is 0.409 e. The Bertz CT molecular complexity index is 3340. The molecule has 402 valence electrons. The standard InChI is InChI=1S/C64H56N6O8S2/c1-69(2)62(74)76-40-22-23-45-42-79-59-55(58(72)70(59)56(45)60(73)77-41-44-36-38-52(75-3)39-37-44)66-57(71)54(68-78-64(49-30-16-7-17-31-49,50-32-18-8-19-33-50)51-34-20-9-21-35-51)53-43-80-61(65-53)67-63(46-24-10-4-11-25-46,47-26-12-5-13-27-47)48-28-14-6-15-29-48/h4-39,43,55,59H,40-42H2,1-3H3,(H,65,67)(H,66,71)/b23-22-,68-54-/t55-,59-/m1/s1. The number of nitrogens with zero attached hydrogens (tertiary/aromatic N) is 4. The van der Waals surface area contributed by atoms with E-state index >= 15 is 4.79 Å². The van der Waals surface area contributed by atoms with Crippen molar-refractivity contribution in [2.45, 2.75) is 29.2 Å². The molecule has 2 N–H and O–H groups in total. The summed E-state index contributed by atoms with van der Waals surface area (Å²) in [5, 5.41) is 13.1. The summed E-state index contributed by atoms with van der Waals surface area (Å²) in [5.41, 5.74) is 3.87. The first-order valence-corrected chi connectivity index (χ1v) is 27.7. The van der Waals surface area contributed by atoms with E-state index in [1.54, 1.807) is 63.0 Å². The Morgan fingerprint density at radius 1 is 0.700 bits per heavy atom. The monoisotopic (exact) mass is 1100 g/mol. The van der Waals surface area contributed by atoms with Gasteiger partial charge in [-0.05, 0) is 46.0 Å². The molecule has 7 aromatic carbocycles. The molecular weight excluding hydrogens is 1040 g/mol. The lowest BCUT2D eigenvalue weighted by molar-refractivity contribution is -0.153. The Morgan fingerprint density at radius 3 is 1.69 bits per heavy atom. The van der Waals surface area contributed by atoms with Gasteiger partial charge in [0.15, 0.2) is 10.8 Å². The zero-order valence-electron chi connectivity index (χ0n) is 44.0. The number of rotatable bonds is 20. The number of amides is 3. The third kappa shape index (κ3) is 11.2. The summed E-state index contributed by atoms with van der Waals surface area (Å²) in [6.07, 6.45) is 2.70. The molecule has 0 unspecified atom stereocenters. The molecule has 1 fully saturated rings. The largest absolute Gasteiger partial charge is 0.497 e. The molecule has 0 saturated carbocycles. The summed E-state index contributed by atoms with van der Waals surface area (Å²) in [6, 6.07) is 65.2. The van der Waals surface area contributed by atoms with Crippen LogP contribution in [0.1, 0.15) is 44.6 Å². The molecule has 0 bridgehead atoms. The fourth-order valence-electron chi connectivity index (χ4n) is 9.72. The molecule has 3 heterocycles. The quantitative estimate of drug-likeness (QED) is 0.0246. The number of hydrogen-bond acceptors (Lipinski definition) is 13. The van der Waals surface area contributed by atoms with Crippen molar-refractivity contribution >= 4 is 57.8 Å². The van der Waals surface area contributed by atoms with Gasteiger partial charge in [-0.2, -0.15) is 0 Å². The first-order valence-electron chi connectivity index (χ1n) is 25.7. The second-order valence-corrected chi connectivity index (χ2v) is 20.8. The number of thioether (sulfide) groups is 1. The van der Waals surface area contributed by atoms with Crippen LogP contribution in [0.5, 0.6) is 5.75 Å². The van der Waals surface area contributed by atoms with Crippen LogP contribution < -0.4 is 15.4 Å². The van der Waals surface area contributed by atoms with Crippen LogP contribution in [0.3, 0.4) is 0 Å². The number of fused-ring (bicyclic) bond motifs is 1. The molecule has 2 aliphatic rings. The lowest BCUT2D eigenvalue weighted by atomic mass is 9.77.